The van der Waals surface area contributed by atoms with Crippen LogP contribution in [0.5, 0.6) is 0 Å². The quantitative estimate of drug-likeness (QED) is 0.866. The average molecular weight is 373 g/mol. The van der Waals surface area contributed by atoms with Crippen LogP contribution >= 0.6 is 0 Å². The fourth-order valence-corrected chi connectivity index (χ4v) is 3.99. The fraction of sp³-hybridized carbons (Fsp3) is 0.765. The van der Waals surface area contributed by atoms with Gasteiger partial charge in [-0.3, -0.25) is 14.9 Å². The number of amides is 2. The maximum atomic E-state index is 12.9. The van der Waals surface area contributed by atoms with Gasteiger partial charge >= 0.3 is 12.2 Å². The molecular formula is C17H26F3N5O. The lowest BCUT2D eigenvalue weighted by molar-refractivity contribution is -0.141. The minimum absolute atomic E-state index is 0.0609. The highest BCUT2D eigenvalue weighted by molar-refractivity contribution is 5.89. The van der Waals surface area contributed by atoms with Gasteiger partial charge in [0.1, 0.15) is 5.82 Å². The van der Waals surface area contributed by atoms with E-state index in [0.717, 1.165) is 17.8 Å². The van der Waals surface area contributed by atoms with E-state index in [2.05, 4.69) is 15.3 Å². The van der Waals surface area contributed by atoms with E-state index in [0.29, 0.717) is 19.1 Å². The Hall–Kier alpha value is -1.77. The van der Waals surface area contributed by atoms with Gasteiger partial charge in [-0.15, -0.1) is 0 Å². The van der Waals surface area contributed by atoms with Gasteiger partial charge < -0.3 is 4.90 Å². The summed E-state index contributed by atoms with van der Waals surface area (Å²) in [5.41, 5.74) is -1.02. The second-order valence-electron chi connectivity index (χ2n) is 7.19. The van der Waals surface area contributed by atoms with E-state index in [-0.39, 0.29) is 17.4 Å². The highest BCUT2D eigenvalue weighted by Crippen LogP contribution is 2.33. The first-order chi connectivity index (χ1) is 12.3. The van der Waals surface area contributed by atoms with Gasteiger partial charge in [0.05, 0.1) is 0 Å². The van der Waals surface area contributed by atoms with Crippen LogP contribution in [0.4, 0.5) is 23.8 Å². The molecule has 2 fully saturated rings. The first-order valence-corrected chi connectivity index (χ1v) is 9.18. The number of urea groups is 1. The normalized spacial score (nSPS) is 20.4. The van der Waals surface area contributed by atoms with E-state index in [1.54, 1.807) is 4.90 Å². The Morgan fingerprint density at radius 3 is 2.27 bits per heavy atom. The predicted octanol–water partition coefficient (Wildman–Crippen LogP) is 3.23. The van der Waals surface area contributed by atoms with Gasteiger partial charge in [-0.1, -0.05) is 19.3 Å². The first kappa shape index (κ1) is 19.0. The van der Waals surface area contributed by atoms with Crippen LogP contribution in [0.1, 0.15) is 43.4 Å². The Morgan fingerprint density at radius 1 is 1.12 bits per heavy atom. The Kier molecular flexibility index (Phi) is 5.45. The molecule has 3 rings (SSSR count). The molecule has 2 heterocycles. The van der Waals surface area contributed by atoms with Crippen molar-refractivity contribution in [3.8, 4) is 0 Å². The van der Waals surface area contributed by atoms with Gasteiger partial charge in [0.15, 0.2) is 5.69 Å². The minimum atomic E-state index is -4.53. The fourth-order valence-electron chi connectivity index (χ4n) is 3.99. The van der Waals surface area contributed by atoms with Crippen molar-refractivity contribution in [2.24, 2.45) is 7.05 Å². The lowest BCUT2D eigenvalue weighted by atomic mass is 9.94. The summed E-state index contributed by atoms with van der Waals surface area (Å²) in [6.07, 6.45) is 1.76. The van der Waals surface area contributed by atoms with Crippen molar-refractivity contribution in [2.45, 2.75) is 51.2 Å². The Morgan fingerprint density at radius 2 is 1.73 bits per heavy atom. The summed E-state index contributed by atoms with van der Waals surface area (Å²) < 4.78 is 39.9. The number of carbonyl (C=O) groups excluding carboxylic acids is 1. The van der Waals surface area contributed by atoms with Gasteiger partial charge in [0, 0.05) is 44.8 Å². The second-order valence-corrected chi connectivity index (χ2v) is 7.19. The molecule has 9 heteroatoms. The van der Waals surface area contributed by atoms with Gasteiger partial charge in [-0.2, -0.15) is 18.3 Å². The van der Waals surface area contributed by atoms with Crippen molar-refractivity contribution in [2.75, 3.05) is 31.5 Å². The van der Waals surface area contributed by atoms with Gasteiger partial charge in [-0.05, 0) is 19.8 Å². The van der Waals surface area contributed by atoms with E-state index < -0.39 is 11.9 Å². The number of nitrogens with zero attached hydrogens (tertiary/aromatic N) is 4. The van der Waals surface area contributed by atoms with Gasteiger partial charge in [0.2, 0.25) is 0 Å². The summed E-state index contributed by atoms with van der Waals surface area (Å²) in [7, 11) is 1.40. The molecule has 26 heavy (non-hydrogen) atoms. The lowest BCUT2D eigenvalue weighted by Crippen LogP contribution is -2.53. The van der Waals surface area contributed by atoms with Crippen molar-refractivity contribution in [1.29, 1.82) is 0 Å². The zero-order valence-electron chi connectivity index (χ0n) is 15.3. The summed E-state index contributed by atoms with van der Waals surface area (Å²) in [5, 5.41) is 6.11. The number of piperazine rings is 1. The van der Waals surface area contributed by atoms with Crippen molar-refractivity contribution in [1.82, 2.24) is 19.6 Å². The Balaban J connectivity index is 1.59. The molecule has 1 aliphatic heterocycles. The number of rotatable bonds is 2. The monoisotopic (exact) mass is 373 g/mol. The standard InChI is InChI=1S/C17H26F3N5O/c1-12-14(17(18,19)20)22-23(2)15(12)21-16(26)25-10-8-24(9-11-25)13-6-4-3-5-7-13/h13H,3-11H2,1-2H3,(H,21,26). The molecule has 1 N–H and O–H groups in total. The Bertz CT molecular complexity index is 644. The second kappa shape index (κ2) is 7.46. The largest absolute Gasteiger partial charge is 0.435 e. The highest BCUT2D eigenvalue weighted by Gasteiger charge is 2.38. The molecule has 0 aromatic carbocycles. The number of aryl methyl sites for hydroxylation is 1. The van der Waals surface area contributed by atoms with Gasteiger partial charge in [-0.25, -0.2) is 4.79 Å². The van der Waals surface area contributed by atoms with Crippen LogP contribution < -0.4 is 5.32 Å². The summed E-state index contributed by atoms with van der Waals surface area (Å²) in [5.74, 6) is 0.0945. The molecule has 6 nitrogen and oxygen atoms in total. The number of aromatic nitrogens is 2. The van der Waals surface area contributed by atoms with Crippen LogP contribution in [0.3, 0.4) is 0 Å². The highest BCUT2D eigenvalue weighted by atomic mass is 19.4. The van der Waals surface area contributed by atoms with Crippen LogP contribution in [0.2, 0.25) is 0 Å². The molecular weight excluding hydrogens is 347 g/mol. The van der Waals surface area contributed by atoms with E-state index in [4.69, 9.17) is 0 Å². The molecule has 0 radical (unpaired) electrons. The van der Waals surface area contributed by atoms with E-state index in [1.165, 1.54) is 46.1 Å². The molecule has 2 amide bonds. The first-order valence-electron chi connectivity index (χ1n) is 9.18. The molecule has 1 aromatic rings. The third kappa shape index (κ3) is 3.97. The topological polar surface area (TPSA) is 53.4 Å². The number of nitrogens with one attached hydrogen (secondary N) is 1. The van der Waals surface area contributed by atoms with E-state index >= 15 is 0 Å². The average Bonchev–Trinajstić information content (AvgIpc) is 2.91. The lowest BCUT2D eigenvalue weighted by Gasteiger charge is -2.40. The number of hydrogen-bond acceptors (Lipinski definition) is 3. The summed E-state index contributed by atoms with van der Waals surface area (Å²) in [6.45, 7) is 4.13. The van der Waals surface area contributed by atoms with Crippen LogP contribution in [0.25, 0.3) is 0 Å². The van der Waals surface area contributed by atoms with Crippen molar-refractivity contribution in [3.63, 3.8) is 0 Å². The van der Waals surface area contributed by atoms with Crippen LogP contribution in [-0.4, -0.2) is 57.8 Å². The van der Waals surface area contributed by atoms with Crippen LogP contribution in [-0.2, 0) is 13.2 Å². The summed E-state index contributed by atoms with van der Waals surface area (Å²) in [4.78, 5) is 16.6. The zero-order chi connectivity index (χ0) is 18.9. The van der Waals surface area contributed by atoms with Crippen molar-refractivity contribution in [3.05, 3.63) is 11.3 Å². The molecule has 1 aliphatic carbocycles. The molecule has 0 bridgehead atoms. The molecule has 0 atom stereocenters. The smallest absolute Gasteiger partial charge is 0.322 e. The molecule has 0 unspecified atom stereocenters. The SMILES string of the molecule is Cc1c(C(F)(F)F)nn(C)c1NC(=O)N1CCN(C2CCCCC2)CC1. The van der Waals surface area contributed by atoms with Crippen molar-refractivity contribution < 1.29 is 18.0 Å². The Labute approximate surface area is 151 Å². The molecule has 1 saturated carbocycles. The molecule has 2 aliphatic rings. The van der Waals surface area contributed by atoms with E-state index in [9.17, 15) is 18.0 Å². The number of carbonyl (C=O) groups is 1. The number of hydrogen-bond donors (Lipinski definition) is 1. The third-order valence-corrected chi connectivity index (χ3v) is 5.47. The van der Waals surface area contributed by atoms with Crippen LogP contribution in [0, 0.1) is 6.92 Å². The maximum absolute atomic E-state index is 12.9. The zero-order valence-corrected chi connectivity index (χ0v) is 15.3. The number of anilines is 1. The summed E-state index contributed by atoms with van der Waals surface area (Å²) in [6, 6.07) is 0.246. The maximum Gasteiger partial charge on any atom is 0.435 e. The molecule has 146 valence electrons. The van der Waals surface area contributed by atoms with Crippen molar-refractivity contribution >= 4 is 11.8 Å². The molecule has 0 spiro atoms. The number of halogens is 3. The van der Waals surface area contributed by atoms with E-state index in [1.807, 2.05) is 0 Å². The summed E-state index contributed by atoms with van der Waals surface area (Å²) >= 11 is 0. The van der Waals surface area contributed by atoms with Crippen LogP contribution in [0.15, 0.2) is 0 Å². The number of alkyl halides is 3. The minimum Gasteiger partial charge on any atom is -0.322 e. The molecule has 1 aromatic heterocycles. The predicted molar refractivity (Wildman–Crippen MR) is 92.0 cm³/mol. The molecule has 1 saturated heterocycles. The third-order valence-electron chi connectivity index (χ3n) is 5.47. The van der Waals surface area contributed by atoms with Gasteiger partial charge in [0.25, 0.3) is 0 Å².